The van der Waals surface area contributed by atoms with Crippen LogP contribution in [-0.2, 0) is 9.53 Å². The normalized spacial score (nSPS) is 42.4. The van der Waals surface area contributed by atoms with E-state index >= 15 is 0 Å². The molecule has 2 rings (SSSR count). The standard InChI is InChI=1S/C10H16N2O2/c1-6-3-4-7(2)10(5-6)8(13)12-9(11)14-10/h6-7H,3-5H2,1-2H3,(H2,11,12,13). The number of amidine groups is 1. The van der Waals surface area contributed by atoms with E-state index in [1.165, 1.54) is 0 Å². The Balaban J connectivity index is 2.26. The molecule has 2 N–H and O–H groups in total. The highest BCUT2D eigenvalue weighted by Gasteiger charge is 2.52. The van der Waals surface area contributed by atoms with Gasteiger partial charge in [-0.1, -0.05) is 20.3 Å². The van der Waals surface area contributed by atoms with Crippen molar-refractivity contribution in [3.05, 3.63) is 0 Å². The van der Waals surface area contributed by atoms with Gasteiger partial charge in [0, 0.05) is 5.92 Å². The summed E-state index contributed by atoms with van der Waals surface area (Å²) in [6.07, 6.45) is 2.91. The molecule has 0 saturated heterocycles. The highest BCUT2D eigenvalue weighted by atomic mass is 16.5. The Hall–Kier alpha value is -1.06. The molecule has 1 aliphatic heterocycles. The van der Waals surface area contributed by atoms with E-state index in [9.17, 15) is 4.79 Å². The maximum Gasteiger partial charge on any atom is 0.294 e. The third kappa shape index (κ3) is 1.21. The van der Waals surface area contributed by atoms with Gasteiger partial charge in [0.1, 0.15) is 0 Å². The van der Waals surface area contributed by atoms with E-state index < -0.39 is 5.60 Å². The van der Waals surface area contributed by atoms with Gasteiger partial charge in [-0.15, -0.1) is 0 Å². The quantitative estimate of drug-likeness (QED) is 0.630. The van der Waals surface area contributed by atoms with Crippen LogP contribution in [0.4, 0.5) is 0 Å². The van der Waals surface area contributed by atoms with Gasteiger partial charge in [0.2, 0.25) is 0 Å². The number of carbonyl (C=O) groups is 1. The second-order valence-electron chi connectivity index (χ2n) is 4.53. The summed E-state index contributed by atoms with van der Waals surface area (Å²) in [4.78, 5) is 15.4. The molecule has 0 aromatic heterocycles. The first-order chi connectivity index (χ1) is 6.54. The Labute approximate surface area is 83.5 Å². The molecule has 4 heteroatoms. The summed E-state index contributed by atoms with van der Waals surface area (Å²) < 4.78 is 5.46. The Morgan fingerprint density at radius 3 is 2.79 bits per heavy atom. The van der Waals surface area contributed by atoms with Crippen molar-refractivity contribution in [3.8, 4) is 0 Å². The highest BCUT2D eigenvalue weighted by Crippen LogP contribution is 2.42. The lowest BCUT2D eigenvalue weighted by Gasteiger charge is -2.38. The lowest BCUT2D eigenvalue weighted by atomic mass is 9.72. The minimum absolute atomic E-state index is 0.0379. The maximum atomic E-state index is 11.7. The van der Waals surface area contributed by atoms with Gasteiger partial charge < -0.3 is 10.5 Å². The molecule has 2 aliphatic rings. The summed E-state index contributed by atoms with van der Waals surface area (Å²) in [6.45, 7) is 4.18. The molecule has 1 aliphatic carbocycles. The van der Waals surface area contributed by atoms with Crippen LogP contribution in [0.2, 0.25) is 0 Å². The fourth-order valence-corrected chi connectivity index (χ4v) is 2.48. The number of ether oxygens (including phenoxy) is 1. The van der Waals surface area contributed by atoms with E-state index in [1.54, 1.807) is 0 Å². The third-order valence-electron chi connectivity index (χ3n) is 3.40. The van der Waals surface area contributed by atoms with Crippen molar-refractivity contribution in [2.45, 2.75) is 38.7 Å². The summed E-state index contributed by atoms with van der Waals surface area (Å²) in [5, 5.41) is 0. The van der Waals surface area contributed by atoms with Crippen molar-refractivity contribution >= 4 is 11.9 Å². The van der Waals surface area contributed by atoms with Crippen molar-refractivity contribution in [3.63, 3.8) is 0 Å². The average molecular weight is 196 g/mol. The predicted octanol–water partition coefficient (Wildman–Crippen LogP) is 1.05. The van der Waals surface area contributed by atoms with E-state index in [2.05, 4.69) is 11.9 Å². The first-order valence-corrected chi connectivity index (χ1v) is 5.12. The molecule has 1 heterocycles. The van der Waals surface area contributed by atoms with Crippen LogP contribution in [-0.4, -0.2) is 17.5 Å². The molecule has 1 fully saturated rings. The molecule has 4 nitrogen and oxygen atoms in total. The molecule has 3 unspecified atom stereocenters. The van der Waals surface area contributed by atoms with Gasteiger partial charge in [-0.05, 0) is 18.8 Å². The van der Waals surface area contributed by atoms with E-state index in [1.807, 2.05) is 6.92 Å². The zero-order valence-corrected chi connectivity index (χ0v) is 8.62. The minimum Gasteiger partial charge on any atom is -0.448 e. The molecule has 0 radical (unpaired) electrons. The predicted molar refractivity (Wildman–Crippen MR) is 52.6 cm³/mol. The summed E-state index contributed by atoms with van der Waals surface area (Å²) in [5.74, 6) is 0.543. The summed E-state index contributed by atoms with van der Waals surface area (Å²) in [7, 11) is 0. The van der Waals surface area contributed by atoms with Crippen LogP contribution in [0, 0.1) is 11.8 Å². The fourth-order valence-electron chi connectivity index (χ4n) is 2.48. The van der Waals surface area contributed by atoms with Crippen molar-refractivity contribution < 1.29 is 9.53 Å². The van der Waals surface area contributed by atoms with Crippen molar-refractivity contribution in [1.82, 2.24) is 0 Å². The second kappa shape index (κ2) is 2.97. The van der Waals surface area contributed by atoms with Gasteiger partial charge in [-0.3, -0.25) is 4.79 Å². The molecule has 1 spiro atoms. The van der Waals surface area contributed by atoms with Crippen LogP contribution in [0.15, 0.2) is 4.99 Å². The van der Waals surface area contributed by atoms with Gasteiger partial charge >= 0.3 is 0 Å². The van der Waals surface area contributed by atoms with Gasteiger partial charge in [0.25, 0.3) is 11.9 Å². The average Bonchev–Trinajstić information content (AvgIpc) is 2.36. The van der Waals surface area contributed by atoms with Crippen molar-refractivity contribution in [1.29, 1.82) is 0 Å². The number of hydrogen-bond donors (Lipinski definition) is 1. The smallest absolute Gasteiger partial charge is 0.294 e. The lowest BCUT2D eigenvalue weighted by Crippen LogP contribution is -2.48. The van der Waals surface area contributed by atoms with Crippen LogP contribution in [0.5, 0.6) is 0 Å². The minimum atomic E-state index is -0.734. The Kier molecular flexibility index (Phi) is 2.01. The van der Waals surface area contributed by atoms with E-state index in [-0.39, 0.29) is 17.8 Å². The molecule has 78 valence electrons. The van der Waals surface area contributed by atoms with E-state index in [4.69, 9.17) is 10.5 Å². The zero-order chi connectivity index (χ0) is 10.3. The Bertz CT molecular complexity index is 300. The summed E-state index contributed by atoms with van der Waals surface area (Å²) >= 11 is 0. The Morgan fingerprint density at radius 1 is 1.50 bits per heavy atom. The van der Waals surface area contributed by atoms with Gasteiger partial charge in [-0.25, -0.2) is 0 Å². The molecule has 1 saturated carbocycles. The first-order valence-electron chi connectivity index (χ1n) is 5.12. The topological polar surface area (TPSA) is 64.7 Å². The number of rotatable bonds is 0. The molecule has 0 aromatic rings. The monoisotopic (exact) mass is 196 g/mol. The maximum absolute atomic E-state index is 11.7. The second-order valence-corrected chi connectivity index (χ2v) is 4.53. The molecule has 1 amide bonds. The first kappa shape index (κ1) is 9.49. The SMILES string of the molecule is CC1CCC(C)C2(C1)OC(N)=NC2=O. The van der Waals surface area contributed by atoms with E-state index in [0.717, 1.165) is 19.3 Å². The van der Waals surface area contributed by atoms with Crippen molar-refractivity contribution in [2.75, 3.05) is 0 Å². The number of nitrogens with zero attached hydrogens (tertiary/aromatic N) is 1. The lowest BCUT2D eigenvalue weighted by molar-refractivity contribution is -0.140. The number of aliphatic imine (C=N–C) groups is 1. The van der Waals surface area contributed by atoms with Gasteiger partial charge in [0.05, 0.1) is 0 Å². The molecule has 0 aromatic carbocycles. The highest BCUT2D eigenvalue weighted by molar-refractivity contribution is 6.01. The van der Waals surface area contributed by atoms with Crippen LogP contribution in [0.1, 0.15) is 33.1 Å². The third-order valence-corrected chi connectivity index (χ3v) is 3.40. The van der Waals surface area contributed by atoms with Crippen LogP contribution >= 0.6 is 0 Å². The number of hydrogen-bond acceptors (Lipinski definition) is 3. The van der Waals surface area contributed by atoms with E-state index in [0.29, 0.717) is 5.92 Å². The largest absolute Gasteiger partial charge is 0.448 e. The number of carbonyl (C=O) groups excluding carboxylic acids is 1. The molecule has 0 bridgehead atoms. The van der Waals surface area contributed by atoms with Gasteiger partial charge in [0.15, 0.2) is 5.60 Å². The molecule has 3 atom stereocenters. The molecule has 14 heavy (non-hydrogen) atoms. The summed E-state index contributed by atoms with van der Waals surface area (Å²) in [6, 6.07) is 0.0379. The summed E-state index contributed by atoms with van der Waals surface area (Å²) in [5.41, 5.74) is 4.71. The van der Waals surface area contributed by atoms with Crippen LogP contribution < -0.4 is 5.73 Å². The zero-order valence-electron chi connectivity index (χ0n) is 8.62. The van der Waals surface area contributed by atoms with Crippen LogP contribution in [0.25, 0.3) is 0 Å². The number of nitrogens with two attached hydrogens (primary N) is 1. The fraction of sp³-hybridized carbons (Fsp3) is 0.800. The number of amides is 1. The Morgan fingerprint density at radius 2 is 2.21 bits per heavy atom. The van der Waals surface area contributed by atoms with Crippen molar-refractivity contribution in [2.24, 2.45) is 22.6 Å². The molecular weight excluding hydrogens is 180 g/mol. The molecular formula is C10H16N2O2. The van der Waals surface area contributed by atoms with Gasteiger partial charge in [-0.2, -0.15) is 4.99 Å². The van der Waals surface area contributed by atoms with Crippen LogP contribution in [0.3, 0.4) is 0 Å².